The van der Waals surface area contributed by atoms with Crippen molar-refractivity contribution < 1.29 is 14.9 Å². The summed E-state index contributed by atoms with van der Waals surface area (Å²) in [6.07, 6.45) is 1.61. The van der Waals surface area contributed by atoms with E-state index in [2.05, 4.69) is 12.2 Å². The van der Waals surface area contributed by atoms with Gasteiger partial charge in [0, 0.05) is 38.3 Å². The van der Waals surface area contributed by atoms with E-state index in [0.29, 0.717) is 13.0 Å². The smallest absolute Gasteiger partial charge is 0.0616 e. The second-order valence-corrected chi connectivity index (χ2v) is 4.37. The molecule has 0 bridgehead atoms. The van der Waals surface area contributed by atoms with Crippen LogP contribution in [0.5, 0.6) is 0 Å². The molecule has 0 rings (SSSR count). The highest BCUT2D eigenvalue weighted by Gasteiger charge is 2.22. The molecule has 0 aromatic rings. The average molecular weight is 219 g/mol. The molecular formula is C11H25NO3. The Morgan fingerprint density at radius 2 is 2.07 bits per heavy atom. The van der Waals surface area contributed by atoms with Gasteiger partial charge in [-0.05, 0) is 12.8 Å². The van der Waals surface area contributed by atoms with Gasteiger partial charge in [0.1, 0.15) is 0 Å². The second kappa shape index (κ2) is 8.05. The SMILES string of the molecule is CCC(C)(CO)CNC(CCO)COC. The molecule has 0 fully saturated rings. The highest BCUT2D eigenvalue weighted by molar-refractivity contribution is 4.77. The van der Waals surface area contributed by atoms with Gasteiger partial charge in [0.15, 0.2) is 0 Å². The van der Waals surface area contributed by atoms with Crippen LogP contribution in [0.3, 0.4) is 0 Å². The van der Waals surface area contributed by atoms with Crippen molar-refractivity contribution in [1.29, 1.82) is 0 Å². The summed E-state index contributed by atoms with van der Waals surface area (Å²) >= 11 is 0. The molecule has 0 aliphatic rings. The van der Waals surface area contributed by atoms with Crippen LogP contribution in [0.25, 0.3) is 0 Å². The first-order chi connectivity index (χ1) is 7.11. The van der Waals surface area contributed by atoms with Crippen LogP contribution in [-0.2, 0) is 4.74 Å². The Hall–Kier alpha value is -0.160. The fraction of sp³-hybridized carbons (Fsp3) is 1.00. The van der Waals surface area contributed by atoms with E-state index in [1.807, 2.05) is 6.92 Å². The predicted molar refractivity (Wildman–Crippen MR) is 60.9 cm³/mol. The molecule has 0 amide bonds. The maximum absolute atomic E-state index is 9.24. The molecule has 4 nitrogen and oxygen atoms in total. The molecule has 4 heteroatoms. The Morgan fingerprint density at radius 3 is 2.47 bits per heavy atom. The maximum atomic E-state index is 9.24. The summed E-state index contributed by atoms with van der Waals surface area (Å²) in [6, 6.07) is 0.164. The van der Waals surface area contributed by atoms with Gasteiger partial charge in [-0.25, -0.2) is 0 Å². The quantitative estimate of drug-likeness (QED) is 0.525. The second-order valence-electron chi connectivity index (χ2n) is 4.37. The largest absolute Gasteiger partial charge is 0.396 e. The van der Waals surface area contributed by atoms with Gasteiger partial charge in [0.2, 0.25) is 0 Å². The summed E-state index contributed by atoms with van der Waals surface area (Å²) in [4.78, 5) is 0. The zero-order valence-corrected chi connectivity index (χ0v) is 10.1. The molecule has 92 valence electrons. The zero-order valence-electron chi connectivity index (χ0n) is 10.1. The summed E-state index contributed by atoms with van der Waals surface area (Å²) < 4.78 is 5.05. The minimum absolute atomic E-state index is 0.0819. The molecule has 0 saturated heterocycles. The topological polar surface area (TPSA) is 61.7 Å². The Bertz CT molecular complexity index is 143. The molecule has 0 aromatic heterocycles. The molecule has 0 spiro atoms. The van der Waals surface area contributed by atoms with Crippen LogP contribution >= 0.6 is 0 Å². The molecule has 0 saturated carbocycles. The molecule has 3 N–H and O–H groups in total. The minimum atomic E-state index is -0.0819. The van der Waals surface area contributed by atoms with Gasteiger partial charge in [-0.3, -0.25) is 0 Å². The van der Waals surface area contributed by atoms with Gasteiger partial charge in [0.25, 0.3) is 0 Å². The van der Waals surface area contributed by atoms with Crippen LogP contribution in [0.4, 0.5) is 0 Å². The number of rotatable bonds is 9. The monoisotopic (exact) mass is 219 g/mol. The van der Waals surface area contributed by atoms with Crippen LogP contribution in [0.15, 0.2) is 0 Å². The number of aliphatic hydroxyl groups excluding tert-OH is 2. The normalized spacial score (nSPS) is 17.4. The Balaban J connectivity index is 3.95. The van der Waals surface area contributed by atoms with E-state index in [1.165, 1.54) is 0 Å². The lowest BCUT2D eigenvalue weighted by atomic mass is 9.88. The van der Waals surface area contributed by atoms with Crippen LogP contribution in [0, 0.1) is 5.41 Å². The van der Waals surface area contributed by atoms with Crippen molar-refractivity contribution in [2.45, 2.75) is 32.7 Å². The molecule has 0 aromatic carbocycles. The van der Waals surface area contributed by atoms with Crippen molar-refractivity contribution in [2.75, 3.05) is 33.5 Å². The van der Waals surface area contributed by atoms with Crippen LogP contribution < -0.4 is 5.32 Å². The van der Waals surface area contributed by atoms with Crippen molar-refractivity contribution in [1.82, 2.24) is 5.32 Å². The molecule has 0 radical (unpaired) electrons. The van der Waals surface area contributed by atoms with E-state index >= 15 is 0 Å². The van der Waals surface area contributed by atoms with Gasteiger partial charge in [-0.2, -0.15) is 0 Å². The van der Waals surface area contributed by atoms with E-state index in [9.17, 15) is 5.11 Å². The summed E-state index contributed by atoms with van der Waals surface area (Å²) in [5.41, 5.74) is -0.0819. The Morgan fingerprint density at radius 1 is 1.40 bits per heavy atom. The standard InChI is InChI=1S/C11H25NO3/c1-4-11(2,9-14)8-12-10(5-6-13)7-15-3/h10,12-14H,4-9H2,1-3H3. The number of ether oxygens (including phenoxy) is 1. The number of hydrogen-bond acceptors (Lipinski definition) is 4. The third-order valence-corrected chi connectivity index (χ3v) is 2.90. The lowest BCUT2D eigenvalue weighted by Crippen LogP contribution is -2.42. The maximum Gasteiger partial charge on any atom is 0.0616 e. The average Bonchev–Trinajstić information content (AvgIpc) is 2.26. The van der Waals surface area contributed by atoms with Crippen molar-refractivity contribution >= 4 is 0 Å². The Kier molecular flexibility index (Phi) is 7.96. The highest BCUT2D eigenvalue weighted by atomic mass is 16.5. The lowest BCUT2D eigenvalue weighted by Gasteiger charge is -2.28. The number of methoxy groups -OCH3 is 1. The number of aliphatic hydroxyl groups is 2. The molecule has 15 heavy (non-hydrogen) atoms. The predicted octanol–water partition coefficient (Wildman–Crippen LogP) is 0.382. The minimum Gasteiger partial charge on any atom is -0.396 e. The van der Waals surface area contributed by atoms with E-state index in [4.69, 9.17) is 9.84 Å². The van der Waals surface area contributed by atoms with Crippen LogP contribution in [0.1, 0.15) is 26.7 Å². The first-order valence-corrected chi connectivity index (χ1v) is 5.56. The van der Waals surface area contributed by atoms with E-state index < -0.39 is 0 Å². The van der Waals surface area contributed by atoms with Crippen molar-refractivity contribution in [3.8, 4) is 0 Å². The molecule has 0 aliphatic carbocycles. The summed E-state index contributed by atoms with van der Waals surface area (Å²) in [6.45, 7) is 5.77. The van der Waals surface area contributed by atoms with Gasteiger partial charge in [-0.1, -0.05) is 13.8 Å². The Labute approximate surface area is 92.6 Å². The van der Waals surface area contributed by atoms with E-state index in [0.717, 1.165) is 13.0 Å². The third kappa shape index (κ3) is 6.10. The van der Waals surface area contributed by atoms with Crippen molar-refractivity contribution in [2.24, 2.45) is 5.41 Å². The van der Waals surface area contributed by atoms with Gasteiger partial charge in [-0.15, -0.1) is 0 Å². The first kappa shape index (κ1) is 14.8. The van der Waals surface area contributed by atoms with E-state index in [1.54, 1.807) is 7.11 Å². The molecule has 2 atom stereocenters. The van der Waals surface area contributed by atoms with E-state index in [-0.39, 0.29) is 24.7 Å². The van der Waals surface area contributed by atoms with Crippen LogP contribution in [0.2, 0.25) is 0 Å². The fourth-order valence-electron chi connectivity index (χ4n) is 1.28. The zero-order chi connectivity index (χ0) is 11.7. The van der Waals surface area contributed by atoms with Crippen LogP contribution in [-0.4, -0.2) is 49.7 Å². The lowest BCUT2D eigenvalue weighted by molar-refractivity contribution is 0.110. The third-order valence-electron chi connectivity index (χ3n) is 2.90. The number of nitrogens with one attached hydrogen (secondary N) is 1. The number of hydrogen-bond donors (Lipinski definition) is 3. The highest BCUT2D eigenvalue weighted by Crippen LogP contribution is 2.18. The summed E-state index contributed by atoms with van der Waals surface area (Å²) in [5.74, 6) is 0. The van der Waals surface area contributed by atoms with Crippen molar-refractivity contribution in [3.05, 3.63) is 0 Å². The fourth-order valence-corrected chi connectivity index (χ4v) is 1.28. The van der Waals surface area contributed by atoms with Crippen molar-refractivity contribution in [3.63, 3.8) is 0 Å². The molecule has 0 aliphatic heterocycles. The first-order valence-electron chi connectivity index (χ1n) is 5.56. The molecular weight excluding hydrogens is 194 g/mol. The van der Waals surface area contributed by atoms with Gasteiger partial charge in [0.05, 0.1) is 6.61 Å². The molecule has 0 heterocycles. The van der Waals surface area contributed by atoms with Gasteiger partial charge >= 0.3 is 0 Å². The summed E-state index contributed by atoms with van der Waals surface area (Å²) in [7, 11) is 1.65. The summed E-state index contributed by atoms with van der Waals surface area (Å²) in [5, 5.41) is 21.4. The molecule has 2 unspecified atom stereocenters. The van der Waals surface area contributed by atoms with Gasteiger partial charge < -0.3 is 20.3 Å².